The molecule has 1 atom stereocenters. The number of nitrogens with zero attached hydrogens (tertiary/aromatic N) is 1. The Bertz CT molecular complexity index is 681. The zero-order chi connectivity index (χ0) is 16.2. The van der Waals surface area contributed by atoms with Gasteiger partial charge in [-0.15, -0.1) is 0 Å². The maximum atomic E-state index is 13.0. The molecule has 0 radical (unpaired) electrons. The Hall–Kier alpha value is -2.29. The number of fused-ring (bicyclic) bond motifs is 1. The van der Waals surface area contributed by atoms with Crippen LogP contribution in [0.2, 0.25) is 0 Å². The van der Waals surface area contributed by atoms with Crippen LogP contribution in [-0.2, 0) is 4.79 Å². The molecule has 2 aromatic rings. The summed E-state index contributed by atoms with van der Waals surface area (Å²) in [4.78, 5) is 15.0. The van der Waals surface area contributed by atoms with Crippen LogP contribution in [-0.4, -0.2) is 12.5 Å². The van der Waals surface area contributed by atoms with Crippen LogP contribution in [0.25, 0.3) is 0 Å². The minimum absolute atomic E-state index is 0.142. The Morgan fingerprint density at radius 3 is 2.61 bits per heavy atom. The zero-order valence-corrected chi connectivity index (χ0v) is 13.9. The van der Waals surface area contributed by atoms with Crippen molar-refractivity contribution in [3.63, 3.8) is 0 Å². The molecule has 3 rings (SSSR count). The van der Waals surface area contributed by atoms with E-state index in [-0.39, 0.29) is 11.9 Å². The quantitative estimate of drug-likeness (QED) is 0.813. The number of amides is 1. The van der Waals surface area contributed by atoms with Gasteiger partial charge in [0.25, 0.3) is 5.91 Å². The highest BCUT2D eigenvalue weighted by Crippen LogP contribution is 2.37. The van der Waals surface area contributed by atoms with Crippen molar-refractivity contribution in [2.24, 2.45) is 0 Å². The maximum Gasteiger partial charge on any atom is 0.254 e. The smallest absolute Gasteiger partial charge is 0.254 e. The van der Waals surface area contributed by atoms with Crippen molar-refractivity contribution in [2.75, 3.05) is 16.8 Å². The van der Waals surface area contributed by atoms with Gasteiger partial charge >= 0.3 is 0 Å². The standard InChI is InChI=1S/C20H24N2O/c1-3-4-8-13-22-18-12-11-15(2)14-17(18)21-19(20(22)23)16-9-6-5-7-10-16/h5-7,9-12,14,19,21H,3-4,8,13H2,1-2H3. The van der Waals surface area contributed by atoms with Crippen LogP contribution in [0.1, 0.15) is 43.4 Å². The lowest BCUT2D eigenvalue weighted by Crippen LogP contribution is -2.42. The molecule has 1 unspecified atom stereocenters. The molecule has 3 nitrogen and oxygen atoms in total. The van der Waals surface area contributed by atoms with E-state index < -0.39 is 0 Å². The minimum atomic E-state index is -0.299. The molecule has 0 bridgehead atoms. The summed E-state index contributed by atoms with van der Waals surface area (Å²) in [6, 6.07) is 15.9. The topological polar surface area (TPSA) is 32.3 Å². The summed E-state index contributed by atoms with van der Waals surface area (Å²) in [5, 5.41) is 3.43. The average Bonchev–Trinajstić information content (AvgIpc) is 2.57. The second-order valence-electron chi connectivity index (χ2n) is 6.21. The van der Waals surface area contributed by atoms with Crippen LogP contribution < -0.4 is 10.2 Å². The van der Waals surface area contributed by atoms with Crippen LogP contribution in [0.5, 0.6) is 0 Å². The summed E-state index contributed by atoms with van der Waals surface area (Å²) in [5.74, 6) is 0.142. The third-order valence-electron chi connectivity index (χ3n) is 4.37. The molecule has 1 N–H and O–H groups in total. The first-order valence-electron chi connectivity index (χ1n) is 8.44. The first-order chi connectivity index (χ1) is 11.2. The maximum absolute atomic E-state index is 13.0. The van der Waals surface area contributed by atoms with Crippen molar-refractivity contribution in [3.05, 3.63) is 59.7 Å². The fraction of sp³-hybridized carbons (Fsp3) is 0.350. The Balaban J connectivity index is 1.95. The predicted octanol–water partition coefficient (Wildman–Crippen LogP) is 4.69. The van der Waals surface area contributed by atoms with Gasteiger partial charge in [-0.1, -0.05) is 56.2 Å². The van der Waals surface area contributed by atoms with Gasteiger partial charge in [0.15, 0.2) is 0 Å². The van der Waals surface area contributed by atoms with Gasteiger partial charge in [-0.2, -0.15) is 0 Å². The number of carbonyl (C=O) groups excluding carboxylic acids is 1. The highest BCUT2D eigenvalue weighted by atomic mass is 16.2. The lowest BCUT2D eigenvalue weighted by atomic mass is 10.00. The van der Waals surface area contributed by atoms with E-state index in [0.717, 1.165) is 42.7 Å². The molecular weight excluding hydrogens is 284 g/mol. The molecule has 1 amide bonds. The van der Waals surface area contributed by atoms with Gasteiger partial charge in [0.1, 0.15) is 6.04 Å². The van der Waals surface area contributed by atoms with Crippen molar-refractivity contribution in [1.29, 1.82) is 0 Å². The number of hydrogen-bond donors (Lipinski definition) is 1. The highest BCUT2D eigenvalue weighted by Gasteiger charge is 2.32. The number of anilines is 2. The van der Waals surface area contributed by atoms with E-state index in [1.54, 1.807) is 0 Å². The Kier molecular flexibility index (Phi) is 4.65. The van der Waals surface area contributed by atoms with Crippen molar-refractivity contribution in [3.8, 4) is 0 Å². The largest absolute Gasteiger partial charge is 0.368 e. The van der Waals surface area contributed by atoms with E-state index in [9.17, 15) is 4.79 Å². The number of benzene rings is 2. The number of unbranched alkanes of at least 4 members (excludes halogenated alkanes) is 2. The summed E-state index contributed by atoms with van der Waals surface area (Å²) >= 11 is 0. The number of rotatable bonds is 5. The first-order valence-corrected chi connectivity index (χ1v) is 8.44. The van der Waals surface area contributed by atoms with Crippen molar-refractivity contribution in [2.45, 2.75) is 39.2 Å². The SMILES string of the molecule is CCCCCN1C(=O)C(c2ccccc2)Nc2cc(C)ccc21. The van der Waals surface area contributed by atoms with Gasteiger partial charge in [-0.3, -0.25) is 4.79 Å². The van der Waals surface area contributed by atoms with Gasteiger partial charge in [0.2, 0.25) is 0 Å². The Morgan fingerprint density at radius 2 is 1.87 bits per heavy atom. The van der Waals surface area contributed by atoms with Crippen molar-refractivity contribution < 1.29 is 4.79 Å². The molecule has 1 aliphatic rings. The molecule has 0 aromatic heterocycles. The lowest BCUT2D eigenvalue weighted by molar-refractivity contribution is -0.119. The van der Waals surface area contributed by atoms with E-state index in [2.05, 4.69) is 37.4 Å². The minimum Gasteiger partial charge on any atom is -0.368 e. The van der Waals surface area contributed by atoms with Crippen molar-refractivity contribution >= 4 is 17.3 Å². The zero-order valence-electron chi connectivity index (χ0n) is 13.9. The fourth-order valence-corrected chi connectivity index (χ4v) is 3.11. The van der Waals surface area contributed by atoms with Crippen LogP contribution in [0.4, 0.5) is 11.4 Å². The third-order valence-corrected chi connectivity index (χ3v) is 4.37. The van der Waals surface area contributed by atoms with E-state index in [4.69, 9.17) is 0 Å². The molecule has 120 valence electrons. The van der Waals surface area contributed by atoms with Gasteiger partial charge in [0.05, 0.1) is 11.4 Å². The van der Waals surface area contributed by atoms with Gasteiger partial charge < -0.3 is 10.2 Å². The van der Waals surface area contributed by atoms with Crippen LogP contribution in [0, 0.1) is 6.92 Å². The number of nitrogens with one attached hydrogen (secondary N) is 1. The Morgan fingerprint density at radius 1 is 1.09 bits per heavy atom. The second-order valence-corrected chi connectivity index (χ2v) is 6.21. The third kappa shape index (κ3) is 3.24. The van der Waals surface area contributed by atoms with Gasteiger partial charge in [-0.25, -0.2) is 0 Å². The molecule has 0 fully saturated rings. The number of aryl methyl sites for hydroxylation is 1. The molecule has 0 saturated carbocycles. The molecule has 3 heteroatoms. The van der Waals surface area contributed by atoms with Gasteiger partial charge in [0, 0.05) is 6.54 Å². The number of carbonyl (C=O) groups is 1. The molecule has 0 aliphatic carbocycles. The molecule has 2 aromatic carbocycles. The van der Waals surface area contributed by atoms with Gasteiger partial charge in [-0.05, 0) is 36.6 Å². The van der Waals surface area contributed by atoms with Crippen LogP contribution >= 0.6 is 0 Å². The average molecular weight is 308 g/mol. The van der Waals surface area contributed by atoms with Crippen molar-refractivity contribution in [1.82, 2.24) is 0 Å². The molecule has 0 saturated heterocycles. The first kappa shape index (κ1) is 15.6. The van der Waals surface area contributed by atoms with E-state index >= 15 is 0 Å². The molecular formula is C20H24N2O. The summed E-state index contributed by atoms with van der Waals surface area (Å²) in [6.07, 6.45) is 3.34. The lowest BCUT2D eigenvalue weighted by Gasteiger charge is -2.36. The monoisotopic (exact) mass is 308 g/mol. The molecule has 1 heterocycles. The van der Waals surface area contributed by atoms with E-state index in [1.807, 2.05) is 35.2 Å². The summed E-state index contributed by atoms with van der Waals surface area (Å²) in [5.41, 5.74) is 4.27. The summed E-state index contributed by atoms with van der Waals surface area (Å²) in [6.45, 7) is 5.05. The summed E-state index contributed by atoms with van der Waals surface area (Å²) in [7, 11) is 0. The molecule has 1 aliphatic heterocycles. The molecule has 0 spiro atoms. The Labute approximate surface area is 138 Å². The van der Waals surface area contributed by atoms with E-state index in [0.29, 0.717) is 0 Å². The van der Waals surface area contributed by atoms with Crippen LogP contribution in [0.15, 0.2) is 48.5 Å². The normalized spacial score (nSPS) is 16.9. The fourth-order valence-electron chi connectivity index (χ4n) is 3.11. The summed E-state index contributed by atoms with van der Waals surface area (Å²) < 4.78 is 0. The second kappa shape index (κ2) is 6.86. The van der Waals surface area contributed by atoms with Crippen LogP contribution in [0.3, 0.4) is 0 Å². The van der Waals surface area contributed by atoms with E-state index in [1.165, 1.54) is 5.56 Å². The molecule has 23 heavy (non-hydrogen) atoms. The predicted molar refractivity (Wildman–Crippen MR) is 95.9 cm³/mol. The number of hydrogen-bond acceptors (Lipinski definition) is 2. The highest BCUT2D eigenvalue weighted by molar-refractivity contribution is 6.05.